The van der Waals surface area contributed by atoms with Crippen molar-refractivity contribution in [2.75, 3.05) is 24.7 Å². The Kier molecular flexibility index (Phi) is 5.01. The number of nitrogens with one attached hydrogen (secondary N) is 1. The quantitative estimate of drug-likeness (QED) is 0.894. The van der Waals surface area contributed by atoms with Crippen LogP contribution >= 0.6 is 11.8 Å². The van der Waals surface area contributed by atoms with Crippen molar-refractivity contribution in [3.8, 4) is 0 Å². The zero-order valence-electron chi connectivity index (χ0n) is 12.7. The summed E-state index contributed by atoms with van der Waals surface area (Å²) in [5.74, 6) is -0.865. The SMILES string of the molecule is CC1CN(C(=O)Nc2cccc(F)c2S(C)(=O)=O)CC(C)S1. The Morgan fingerprint density at radius 2 is 1.91 bits per heavy atom. The first-order chi connectivity index (χ1) is 10.2. The summed E-state index contributed by atoms with van der Waals surface area (Å²) >= 11 is 1.80. The number of rotatable bonds is 2. The van der Waals surface area contributed by atoms with Crippen molar-refractivity contribution >= 4 is 33.3 Å². The molecule has 2 atom stereocenters. The van der Waals surface area contributed by atoms with Gasteiger partial charge in [-0.3, -0.25) is 0 Å². The van der Waals surface area contributed by atoms with Crippen molar-refractivity contribution in [2.24, 2.45) is 0 Å². The Bertz CT molecular complexity index is 669. The van der Waals surface area contributed by atoms with Crippen LogP contribution in [0.2, 0.25) is 0 Å². The molecule has 0 radical (unpaired) electrons. The van der Waals surface area contributed by atoms with E-state index in [-0.39, 0.29) is 5.69 Å². The molecule has 122 valence electrons. The lowest BCUT2D eigenvalue weighted by Gasteiger charge is -2.34. The van der Waals surface area contributed by atoms with Crippen LogP contribution in [0.25, 0.3) is 0 Å². The molecule has 2 rings (SSSR count). The summed E-state index contributed by atoms with van der Waals surface area (Å²) in [6.07, 6.45) is 0.919. The second kappa shape index (κ2) is 6.45. The second-order valence-electron chi connectivity index (χ2n) is 5.48. The van der Waals surface area contributed by atoms with E-state index in [0.717, 1.165) is 12.3 Å². The van der Waals surface area contributed by atoms with Gasteiger partial charge in [-0.25, -0.2) is 17.6 Å². The predicted octanol–water partition coefficient (Wildman–Crippen LogP) is 2.59. The largest absolute Gasteiger partial charge is 0.322 e. The molecule has 0 aromatic heterocycles. The van der Waals surface area contributed by atoms with E-state index in [0.29, 0.717) is 23.6 Å². The molecule has 22 heavy (non-hydrogen) atoms. The van der Waals surface area contributed by atoms with Crippen LogP contribution in [0, 0.1) is 5.82 Å². The molecule has 8 heteroatoms. The summed E-state index contributed by atoms with van der Waals surface area (Å²) in [4.78, 5) is 13.5. The van der Waals surface area contributed by atoms with E-state index in [4.69, 9.17) is 0 Å². The summed E-state index contributed by atoms with van der Waals surface area (Å²) in [6, 6.07) is 3.42. The number of thioether (sulfide) groups is 1. The molecule has 1 fully saturated rings. The Balaban J connectivity index is 2.24. The number of halogens is 1. The van der Waals surface area contributed by atoms with E-state index in [1.165, 1.54) is 12.1 Å². The molecule has 0 saturated carbocycles. The van der Waals surface area contributed by atoms with Crippen molar-refractivity contribution in [3.05, 3.63) is 24.0 Å². The molecular weight excluding hydrogens is 327 g/mol. The van der Waals surface area contributed by atoms with Gasteiger partial charge in [-0.05, 0) is 12.1 Å². The molecule has 1 heterocycles. The zero-order valence-corrected chi connectivity index (χ0v) is 14.3. The average Bonchev–Trinajstić information content (AvgIpc) is 2.35. The number of nitrogens with zero attached hydrogens (tertiary/aromatic N) is 1. The summed E-state index contributed by atoms with van der Waals surface area (Å²) in [7, 11) is -3.77. The predicted molar refractivity (Wildman–Crippen MR) is 86.6 cm³/mol. The molecule has 1 aromatic carbocycles. The van der Waals surface area contributed by atoms with E-state index in [9.17, 15) is 17.6 Å². The number of urea groups is 1. The van der Waals surface area contributed by atoms with Crippen LogP contribution in [0.3, 0.4) is 0 Å². The highest BCUT2D eigenvalue weighted by atomic mass is 32.2. The number of anilines is 1. The Morgan fingerprint density at radius 1 is 1.32 bits per heavy atom. The van der Waals surface area contributed by atoms with Crippen LogP contribution in [-0.2, 0) is 9.84 Å². The van der Waals surface area contributed by atoms with Crippen LogP contribution in [0.4, 0.5) is 14.9 Å². The number of carbonyl (C=O) groups is 1. The summed E-state index contributed by atoms with van der Waals surface area (Å²) in [6.45, 7) is 5.21. The fraction of sp³-hybridized carbons (Fsp3) is 0.500. The first-order valence-corrected chi connectivity index (χ1v) is 9.72. The van der Waals surface area contributed by atoms with Gasteiger partial charge in [-0.2, -0.15) is 11.8 Å². The number of amides is 2. The second-order valence-corrected chi connectivity index (χ2v) is 9.32. The van der Waals surface area contributed by atoms with Crippen LogP contribution in [0.5, 0.6) is 0 Å². The summed E-state index contributed by atoms with van der Waals surface area (Å²) in [5, 5.41) is 3.13. The standard InChI is InChI=1S/C14H19FN2O3S2/c1-9-7-17(8-10(2)21-9)14(18)16-12-6-4-5-11(15)13(12)22(3,19)20/h4-6,9-10H,7-8H2,1-3H3,(H,16,18). The maximum absolute atomic E-state index is 13.8. The fourth-order valence-corrected chi connectivity index (χ4v) is 4.79. The van der Waals surface area contributed by atoms with Crippen molar-refractivity contribution in [2.45, 2.75) is 29.2 Å². The summed E-state index contributed by atoms with van der Waals surface area (Å²) < 4.78 is 37.3. The molecule has 2 unspecified atom stereocenters. The maximum Gasteiger partial charge on any atom is 0.321 e. The van der Waals surface area contributed by atoms with E-state index in [2.05, 4.69) is 5.32 Å². The van der Waals surface area contributed by atoms with E-state index < -0.39 is 26.6 Å². The van der Waals surface area contributed by atoms with Gasteiger partial charge in [0, 0.05) is 29.8 Å². The Labute approximate surface area is 134 Å². The molecule has 0 bridgehead atoms. The fourth-order valence-electron chi connectivity index (χ4n) is 2.52. The molecule has 1 aliphatic heterocycles. The van der Waals surface area contributed by atoms with Gasteiger partial charge < -0.3 is 10.2 Å². The van der Waals surface area contributed by atoms with Crippen LogP contribution in [-0.4, -0.2) is 49.2 Å². The van der Waals surface area contributed by atoms with Crippen LogP contribution < -0.4 is 5.32 Å². The van der Waals surface area contributed by atoms with Crippen molar-refractivity contribution in [3.63, 3.8) is 0 Å². The highest BCUT2D eigenvalue weighted by molar-refractivity contribution is 8.00. The maximum atomic E-state index is 13.8. The molecule has 1 aromatic rings. The van der Waals surface area contributed by atoms with Crippen molar-refractivity contribution in [1.29, 1.82) is 0 Å². The minimum absolute atomic E-state index is 0.0222. The van der Waals surface area contributed by atoms with Crippen molar-refractivity contribution < 1.29 is 17.6 Å². The highest BCUT2D eigenvalue weighted by Crippen LogP contribution is 2.27. The smallest absolute Gasteiger partial charge is 0.321 e. The van der Waals surface area contributed by atoms with Crippen LogP contribution in [0.1, 0.15) is 13.8 Å². The average molecular weight is 346 g/mol. The third-order valence-corrected chi connectivity index (χ3v) is 5.67. The number of hydrogen-bond acceptors (Lipinski definition) is 4. The normalized spacial score (nSPS) is 22.5. The molecule has 0 spiro atoms. The van der Waals surface area contributed by atoms with E-state index in [1.807, 2.05) is 13.8 Å². The van der Waals surface area contributed by atoms with Crippen molar-refractivity contribution in [1.82, 2.24) is 4.90 Å². The molecular formula is C14H19FN2O3S2. The van der Waals surface area contributed by atoms with Gasteiger partial charge >= 0.3 is 6.03 Å². The lowest BCUT2D eigenvalue weighted by Crippen LogP contribution is -2.46. The zero-order chi connectivity index (χ0) is 16.5. The third-order valence-electron chi connectivity index (χ3n) is 3.29. The lowest BCUT2D eigenvalue weighted by molar-refractivity contribution is 0.211. The topological polar surface area (TPSA) is 66.5 Å². The molecule has 0 aliphatic carbocycles. The highest BCUT2D eigenvalue weighted by Gasteiger charge is 2.27. The van der Waals surface area contributed by atoms with Gasteiger partial charge in [0.05, 0.1) is 5.69 Å². The number of benzene rings is 1. The molecule has 5 nitrogen and oxygen atoms in total. The molecule has 1 N–H and O–H groups in total. The van der Waals surface area contributed by atoms with E-state index in [1.54, 1.807) is 16.7 Å². The monoisotopic (exact) mass is 346 g/mol. The summed E-state index contributed by atoms with van der Waals surface area (Å²) in [5.41, 5.74) is -0.0222. The Morgan fingerprint density at radius 3 is 2.45 bits per heavy atom. The van der Waals surface area contributed by atoms with Gasteiger partial charge in [0.25, 0.3) is 0 Å². The van der Waals surface area contributed by atoms with Gasteiger partial charge in [0.15, 0.2) is 9.84 Å². The third kappa shape index (κ3) is 3.92. The van der Waals surface area contributed by atoms with Gasteiger partial charge in [-0.1, -0.05) is 19.9 Å². The Hall–Kier alpha value is -1.28. The molecule has 1 aliphatic rings. The number of carbonyl (C=O) groups excluding carboxylic acids is 1. The lowest BCUT2D eigenvalue weighted by atomic mass is 10.3. The number of hydrogen-bond donors (Lipinski definition) is 1. The van der Waals surface area contributed by atoms with E-state index >= 15 is 0 Å². The minimum atomic E-state index is -3.77. The van der Waals surface area contributed by atoms with Gasteiger partial charge in [0.2, 0.25) is 0 Å². The molecule has 1 saturated heterocycles. The van der Waals surface area contributed by atoms with Gasteiger partial charge in [0.1, 0.15) is 10.7 Å². The number of sulfone groups is 1. The molecule has 2 amide bonds. The first kappa shape index (κ1) is 17.1. The van der Waals surface area contributed by atoms with Gasteiger partial charge in [-0.15, -0.1) is 0 Å². The van der Waals surface area contributed by atoms with Crippen LogP contribution in [0.15, 0.2) is 23.1 Å². The first-order valence-electron chi connectivity index (χ1n) is 6.88. The minimum Gasteiger partial charge on any atom is -0.322 e.